The first-order valence-electron chi connectivity index (χ1n) is 9.62. The van der Waals surface area contributed by atoms with Gasteiger partial charge in [-0.15, -0.1) is 4.98 Å². The molecule has 0 bridgehead atoms. The zero-order chi connectivity index (χ0) is 20.9. The van der Waals surface area contributed by atoms with Crippen molar-refractivity contribution in [3.8, 4) is 23.5 Å². The lowest BCUT2D eigenvalue weighted by atomic mass is 10.2. The maximum absolute atomic E-state index is 5.85. The van der Waals surface area contributed by atoms with E-state index in [1.807, 2.05) is 93.6 Å². The van der Waals surface area contributed by atoms with Crippen LogP contribution >= 0.6 is 0 Å². The molecule has 0 radical (unpaired) electrons. The molecule has 4 rings (SSSR count). The molecule has 6 heteroatoms. The molecule has 0 unspecified atom stereocenters. The predicted octanol–water partition coefficient (Wildman–Crippen LogP) is 6.13. The second-order valence-electron chi connectivity index (χ2n) is 7.05. The second kappa shape index (κ2) is 8.61. The summed E-state index contributed by atoms with van der Waals surface area (Å²) in [5.74, 6) is 1.60. The number of benzene rings is 3. The first kappa shape index (κ1) is 19.4. The molecule has 0 saturated carbocycles. The third-order valence-corrected chi connectivity index (χ3v) is 4.36. The molecule has 0 fully saturated rings. The van der Waals surface area contributed by atoms with Crippen molar-refractivity contribution < 1.29 is 9.47 Å². The van der Waals surface area contributed by atoms with Crippen molar-refractivity contribution in [2.24, 2.45) is 0 Å². The first-order valence-corrected chi connectivity index (χ1v) is 9.62. The lowest BCUT2D eigenvalue weighted by Gasteiger charge is -2.10. The summed E-state index contributed by atoms with van der Waals surface area (Å²) in [6.45, 7) is 6.07. The molecule has 150 valence electrons. The molecule has 30 heavy (non-hydrogen) atoms. The van der Waals surface area contributed by atoms with Crippen LogP contribution in [0.2, 0.25) is 0 Å². The summed E-state index contributed by atoms with van der Waals surface area (Å²) in [5.41, 5.74) is 4.31. The van der Waals surface area contributed by atoms with Crippen LogP contribution in [-0.4, -0.2) is 15.0 Å². The molecule has 0 amide bonds. The van der Waals surface area contributed by atoms with Gasteiger partial charge in [-0.2, -0.15) is 9.97 Å². The monoisotopic (exact) mass is 398 g/mol. The number of aryl methyl sites for hydroxylation is 3. The minimum absolute atomic E-state index is 0.144. The Morgan fingerprint density at radius 3 is 1.37 bits per heavy atom. The molecule has 6 nitrogen and oxygen atoms in total. The average Bonchev–Trinajstić information content (AvgIpc) is 2.73. The van der Waals surface area contributed by atoms with E-state index < -0.39 is 0 Å². The normalized spacial score (nSPS) is 10.5. The number of nitrogens with one attached hydrogen (secondary N) is 1. The Morgan fingerprint density at radius 2 is 0.933 bits per heavy atom. The van der Waals surface area contributed by atoms with Crippen molar-refractivity contribution in [3.05, 3.63) is 89.5 Å². The highest BCUT2D eigenvalue weighted by Gasteiger charge is 2.11. The van der Waals surface area contributed by atoms with Gasteiger partial charge in [-0.1, -0.05) is 53.1 Å². The van der Waals surface area contributed by atoms with Gasteiger partial charge in [0.1, 0.15) is 11.5 Å². The number of rotatable bonds is 6. The topological polar surface area (TPSA) is 69.2 Å². The van der Waals surface area contributed by atoms with E-state index in [-0.39, 0.29) is 12.0 Å². The van der Waals surface area contributed by atoms with Crippen LogP contribution in [0.25, 0.3) is 0 Å². The van der Waals surface area contributed by atoms with Crippen LogP contribution in [0.4, 0.5) is 11.6 Å². The lowest BCUT2D eigenvalue weighted by Crippen LogP contribution is -2.03. The van der Waals surface area contributed by atoms with Gasteiger partial charge < -0.3 is 14.8 Å². The smallest absolute Gasteiger partial charge is 0.330 e. The zero-order valence-electron chi connectivity index (χ0n) is 17.1. The number of hydrogen-bond donors (Lipinski definition) is 1. The Balaban J connectivity index is 1.64. The summed E-state index contributed by atoms with van der Waals surface area (Å²) >= 11 is 0. The molecule has 1 heterocycles. The summed E-state index contributed by atoms with van der Waals surface area (Å²) in [6, 6.07) is 23.6. The van der Waals surface area contributed by atoms with Gasteiger partial charge in [0.05, 0.1) is 0 Å². The maximum Gasteiger partial charge on any atom is 0.330 e. The number of aromatic nitrogens is 3. The van der Waals surface area contributed by atoms with Crippen molar-refractivity contribution in [3.63, 3.8) is 0 Å². The van der Waals surface area contributed by atoms with Gasteiger partial charge in [-0.05, 0) is 57.2 Å². The summed E-state index contributed by atoms with van der Waals surface area (Å²) in [4.78, 5) is 13.1. The van der Waals surface area contributed by atoms with E-state index in [0.717, 1.165) is 16.8 Å². The number of anilines is 2. The van der Waals surface area contributed by atoms with E-state index in [4.69, 9.17) is 9.47 Å². The molecule has 0 aliphatic carbocycles. The van der Waals surface area contributed by atoms with Crippen LogP contribution in [-0.2, 0) is 0 Å². The van der Waals surface area contributed by atoms with Crippen molar-refractivity contribution in [1.82, 2.24) is 15.0 Å². The second-order valence-corrected chi connectivity index (χ2v) is 7.05. The average molecular weight is 398 g/mol. The van der Waals surface area contributed by atoms with Crippen molar-refractivity contribution in [2.45, 2.75) is 20.8 Å². The van der Waals surface area contributed by atoms with Gasteiger partial charge in [0.2, 0.25) is 5.95 Å². The van der Waals surface area contributed by atoms with Crippen LogP contribution in [0.1, 0.15) is 16.7 Å². The SMILES string of the molecule is Cc1ccc(Nc2nc(Oc3ccc(C)cc3)nc(Oc3ccc(C)cc3)n2)cc1. The highest BCUT2D eigenvalue weighted by atomic mass is 16.5. The zero-order valence-corrected chi connectivity index (χ0v) is 17.1. The van der Waals surface area contributed by atoms with Gasteiger partial charge in [0.15, 0.2) is 0 Å². The third kappa shape index (κ3) is 5.11. The fourth-order valence-electron chi connectivity index (χ4n) is 2.67. The van der Waals surface area contributed by atoms with E-state index >= 15 is 0 Å². The number of ether oxygens (including phenoxy) is 2. The Kier molecular flexibility index (Phi) is 5.57. The van der Waals surface area contributed by atoms with E-state index in [1.165, 1.54) is 5.56 Å². The molecule has 0 aliphatic rings. The summed E-state index contributed by atoms with van der Waals surface area (Å²) < 4.78 is 11.7. The molecule has 0 spiro atoms. The Labute approximate surface area is 175 Å². The summed E-state index contributed by atoms with van der Waals surface area (Å²) in [5, 5.41) is 3.18. The van der Waals surface area contributed by atoms with Gasteiger partial charge in [-0.25, -0.2) is 0 Å². The highest BCUT2D eigenvalue weighted by Crippen LogP contribution is 2.25. The summed E-state index contributed by atoms with van der Waals surface area (Å²) in [7, 11) is 0. The van der Waals surface area contributed by atoms with Gasteiger partial charge in [0.25, 0.3) is 0 Å². The largest absolute Gasteiger partial charge is 0.424 e. The van der Waals surface area contributed by atoms with E-state index in [1.54, 1.807) is 0 Å². The highest BCUT2D eigenvalue weighted by molar-refractivity contribution is 5.54. The first-order chi connectivity index (χ1) is 14.5. The minimum atomic E-state index is 0.144. The van der Waals surface area contributed by atoms with Crippen LogP contribution < -0.4 is 14.8 Å². The minimum Gasteiger partial charge on any atom is -0.424 e. The van der Waals surface area contributed by atoms with E-state index in [2.05, 4.69) is 20.3 Å². The molecule has 3 aromatic carbocycles. The van der Waals surface area contributed by atoms with Gasteiger partial charge >= 0.3 is 12.0 Å². The van der Waals surface area contributed by atoms with Gasteiger partial charge in [-0.3, -0.25) is 0 Å². The molecular formula is C24H22N4O2. The van der Waals surface area contributed by atoms with Crippen molar-refractivity contribution in [1.29, 1.82) is 0 Å². The molecule has 1 N–H and O–H groups in total. The van der Waals surface area contributed by atoms with E-state index in [0.29, 0.717) is 17.4 Å². The van der Waals surface area contributed by atoms with Crippen LogP contribution in [0, 0.1) is 20.8 Å². The van der Waals surface area contributed by atoms with Crippen molar-refractivity contribution >= 4 is 11.6 Å². The standard InChI is InChI=1S/C24H22N4O2/c1-16-4-10-19(11-5-16)25-22-26-23(29-20-12-6-17(2)7-13-20)28-24(27-22)30-21-14-8-18(3)9-15-21/h4-15H,1-3H3,(H,25,26,27,28). The Morgan fingerprint density at radius 1 is 0.533 bits per heavy atom. The quantitative estimate of drug-likeness (QED) is 0.422. The van der Waals surface area contributed by atoms with Crippen LogP contribution in [0.3, 0.4) is 0 Å². The Bertz CT molecular complexity index is 967. The molecule has 1 aromatic heterocycles. The predicted molar refractivity (Wildman–Crippen MR) is 117 cm³/mol. The Hall–Kier alpha value is -3.93. The number of hydrogen-bond acceptors (Lipinski definition) is 6. The summed E-state index contributed by atoms with van der Waals surface area (Å²) in [6.07, 6.45) is 0. The lowest BCUT2D eigenvalue weighted by molar-refractivity contribution is 0.399. The molecule has 0 aliphatic heterocycles. The van der Waals surface area contributed by atoms with Crippen molar-refractivity contribution in [2.75, 3.05) is 5.32 Å². The van der Waals surface area contributed by atoms with Crippen LogP contribution in [0.5, 0.6) is 23.5 Å². The van der Waals surface area contributed by atoms with Crippen LogP contribution in [0.15, 0.2) is 72.8 Å². The molecular weight excluding hydrogens is 376 g/mol. The maximum atomic E-state index is 5.85. The molecule has 4 aromatic rings. The van der Waals surface area contributed by atoms with Gasteiger partial charge in [0, 0.05) is 5.69 Å². The third-order valence-electron chi connectivity index (χ3n) is 4.36. The fraction of sp³-hybridized carbons (Fsp3) is 0.125. The fourth-order valence-corrected chi connectivity index (χ4v) is 2.67. The molecule has 0 atom stereocenters. The molecule has 0 saturated heterocycles. The number of nitrogens with zero attached hydrogens (tertiary/aromatic N) is 3. The van der Waals surface area contributed by atoms with E-state index in [9.17, 15) is 0 Å².